The Bertz CT molecular complexity index is 76.8. The lowest BCUT2D eigenvalue weighted by Gasteiger charge is -1.89. The van der Waals surface area contributed by atoms with Gasteiger partial charge in [-0.3, -0.25) is 0 Å². The standard InChI is InChI=1S/C3H2NOS/c1-2-6-5-3-4-1/h2-3H. The predicted octanol–water partition coefficient (Wildman–Crippen LogP) is 0.967. The number of aliphatic imine (C=N–C) groups is 1. The minimum Gasteiger partial charge on any atom is -0.409 e. The summed E-state index contributed by atoms with van der Waals surface area (Å²) >= 11 is 1.21. The molecule has 0 N–H and O–H groups in total. The molecule has 6 heavy (non-hydrogen) atoms. The van der Waals surface area contributed by atoms with Crippen molar-refractivity contribution in [1.29, 1.82) is 0 Å². The van der Waals surface area contributed by atoms with Crippen LogP contribution in [-0.4, -0.2) is 6.40 Å². The van der Waals surface area contributed by atoms with Gasteiger partial charge in [-0.05, 0) is 0 Å². The summed E-state index contributed by atoms with van der Waals surface area (Å²) in [5, 5.41) is 1.64. The van der Waals surface area contributed by atoms with Crippen molar-refractivity contribution in [3.63, 3.8) is 0 Å². The molecular weight excluding hydrogens is 98.1 g/mol. The maximum absolute atomic E-state index is 4.58. The van der Waals surface area contributed by atoms with Gasteiger partial charge >= 0.3 is 0 Å². The van der Waals surface area contributed by atoms with Crippen molar-refractivity contribution in [2.24, 2.45) is 4.99 Å². The van der Waals surface area contributed by atoms with Crippen LogP contribution in [0.5, 0.6) is 0 Å². The first-order valence-electron chi connectivity index (χ1n) is 1.41. The molecule has 3 heteroatoms. The van der Waals surface area contributed by atoms with E-state index in [0.29, 0.717) is 0 Å². The third-order valence-electron chi connectivity index (χ3n) is 0.327. The molecule has 1 rings (SSSR count). The lowest BCUT2D eigenvalue weighted by molar-refractivity contribution is 0.675. The van der Waals surface area contributed by atoms with Gasteiger partial charge in [0, 0.05) is 5.41 Å². The van der Waals surface area contributed by atoms with Gasteiger partial charge in [-0.25, -0.2) is 4.99 Å². The van der Waals surface area contributed by atoms with Crippen molar-refractivity contribution in [3.8, 4) is 0 Å². The van der Waals surface area contributed by atoms with Gasteiger partial charge < -0.3 is 4.18 Å². The van der Waals surface area contributed by atoms with E-state index in [4.69, 9.17) is 0 Å². The summed E-state index contributed by atoms with van der Waals surface area (Å²) in [7, 11) is 0. The first-order chi connectivity index (χ1) is 3.00. The molecule has 0 saturated heterocycles. The zero-order chi connectivity index (χ0) is 4.24. The zero-order valence-electron chi connectivity index (χ0n) is 2.92. The van der Waals surface area contributed by atoms with E-state index in [0.717, 1.165) is 0 Å². The summed E-state index contributed by atoms with van der Waals surface area (Å²) in [5.41, 5.74) is 0. The molecule has 0 fully saturated rings. The van der Waals surface area contributed by atoms with Crippen LogP contribution < -0.4 is 0 Å². The maximum Gasteiger partial charge on any atom is 0.192 e. The molecular formula is C3H2NOS. The second kappa shape index (κ2) is 1.87. The molecule has 0 aromatic carbocycles. The van der Waals surface area contributed by atoms with Crippen LogP contribution in [-0.2, 0) is 4.18 Å². The van der Waals surface area contributed by atoms with Crippen LogP contribution in [0.2, 0.25) is 0 Å². The fourth-order valence-electron chi connectivity index (χ4n) is 0.157. The number of rotatable bonds is 0. The average molecular weight is 100 g/mol. The summed E-state index contributed by atoms with van der Waals surface area (Å²) in [6.07, 6.45) is 3.91. The van der Waals surface area contributed by atoms with Gasteiger partial charge in [-0.1, -0.05) is 0 Å². The third-order valence-corrected chi connectivity index (χ3v) is 0.725. The summed E-state index contributed by atoms with van der Waals surface area (Å²) < 4.78 is 4.58. The first-order valence-corrected chi connectivity index (χ1v) is 2.21. The van der Waals surface area contributed by atoms with E-state index in [1.165, 1.54) is 18.4 Å². The van der Waals surface area contributed by atoms with Gasteiger partial charge in [-0.15, -0.1) is 0 Å². The minimum atomic E-state index is 1.21. The quantitative estimate of drug-likeness (QED) is 0.423. The van der Waals surface area contributed by atoms with Crippen molar-refractivity contribution in [2.75, 3.05) is 0 Å². The minimum absolute atomic E-state index is 1.21. The van der Waals surface area contributed by atoms with Gasteiger partial charge in [0.2, 0.25) is 0 Å². The van der Waals surface area contributed by atoms with E-state index in [1.807, 2.05) is 0 Å². The highest BCUT2D eigenvalue weighted by Crippen LogP contribution is 2.04. The Labute approximate surface area is 40.1 Å². The van der Waals surface area contributed by atoms with Gasteiger partial charge in [-0.2, -0.15) is 0 Å². The van der Waals surface area contributed by atoms with Crippen LogP contribution in [0.15, 0.2) is 10.4 Å². The Balaban J connectivity index is 2.46. The molecule has 0 aromatic heterocycles. The maximum atomic E-state index is 4.58. The number of hydrogen-bond acceptors (Lipinski definition) is 3. The molecule has 31 valence electrons. The summed E-state index contributed by atoms with van der Waals surface area (Å²) in [4.78, 5) is 3.50. The molecule has 0 spiro atoms. The molecule has 0 atom stereocenters. The Morgan fingerprint density at radius 3 is 3.00 bits per heavy atom. The molecule has 1 heterocycles. The highest BCUT2D eigenvalue weighted by Gasteiger charge is 1.79. The highest BCUT2D eigenvalue weighted by molar-refractivity contribution is 7.97. The Kier molecular flexibility index (Phi) is 1.17. The van der Waals surface area contributed by atoms with Gasteiger partial charge in [0.05, 0.1) is 12.0 Å². The van der Waals surface area contributed by atoms with Gasteiger partial charge in [0.15, 0.2) is 6.40 Å². The fourth-order valence-corrected chi connectivity index (χ4v) is 0.409. The molecule has 1 radical (unpaired) electrons. The topological polar surface area (TPSA) is 21.6 Å². The number of nitrogens with zero attached hydrogens (tertiary/aromatic N) is 1. The molecule has 0 unspecified atom stereocenters. The normalized spacial score (nSPS) is 17.3. The fraction of sp³-hybridized carbons (Fsp3) is 0. The van der Waals surface area contributed by atoms with E-state index in [-0.39, 0.29) is 0 Å². The number of hydrogen-bond donors (Lipinski definition) is 0. The summed E-state index contributed by atoms with van der Waals surface area (Å²) in [6, 6.07) is 0. The van der Waals surface area contributed by atoms with Crippen molar-refractivity contribution in [2.45, 2.75) is 0 Å². The Morgan fingerprint density at radius 2 is 2.83 bits per heavy atom. The first kappa shape index (κ1) is 3.74. The predicted molar refractivity (Wildman–Crippen MR) is 25.0 cm³/mol. The van der Waals surface area contributed by atoms with Crippen LogP contribution in [0.25, 0.3) is 0 Å². The largest absolute Gasteiger partial charge is 0.409 e. The molecule has 0 bridgehead atoms. The SMILES string of the molecule is [C]1=CSOC=N1. The van der Waals surface area contributed by atoms with Crippen molar-refractivity contribution in [1.82, 2.24) is 0 Å². The van der Waals surface area contributed by atoms with Crippen LogP contribution in [0.1, 0.15) is 0 Å². The van der Waals surface area contributed by atoms with Gasteiger partial charge in [0.1, 0.15) is 6.20 Å². The second-order valence-electron chi connectivity index (χ2n) is 0.674. The molecule has 1 aliphatic heterocycles. The Morgan fingerprint density at radius 1 is 1.83 bits per heavy atom. The molecule has 2 nitrogen and oxygen atoms in total. The molecule has 0 amide bonds. The van der Waals surface area contributed by atoms with Gasteiger partial charge in [0.25, 0.3) is 0 Å². The third kappa shape index (κ3) is 0.755. The van der Waals surface area contributed by atoms with Crippen LogP contribution in [0.3, 0.4) is 0 Å². The lowest BCUT2D eigenvalue weighted by atomic mass is 11.0. The molecule has 0 aliphatic carbocycles. The van der Waals surface area contributed by atoms with E-state index in [1.54, 1.807) is 5.41 Å². The van der Waals surface area contributed by atoms with Crippen LogP contribution in [0, 0.1) is 6.20 Å². The molecule has 1 aliphatic rings. The van der Waals surface area contributed by atoms with Crippen molar-refractivity contribution >= 4 is 18.4 Å². The average Bonchev–Trinajstić information content (AvgIpc) is 1.72. The summed E-state index contributed by atoms with van der Waals surface area (Å²) in [6.45, 7) is 0. The zero-order valence-corrected chi connectivity index (χ0v) is 3.73. The highest BCUT2D eigenvalue weighted by atomic mass is 32.2. The van der Waals surface area contributed by atoms with E-state index in [9.17, 15) is 0 Å². The summed E-state index contributed by atoms with van der Waals surface area (Å²) in [5.74, 6) is 0. The van der Waals surface area contributed by atoms with Crippen LogP contribution in [0.4, 0.5) is 0 Å². The smallest absolute Gasteiger partial charge is 0.192 e. The molecule has 0 aromatic rings. The lowest BCUT2D eigenvalue weighted by Crippen LogP contribution is -1.74. The van der Waals surface area contributed by atoms with E-state index in [2.05, 4.69) is 15.4 Å². The van der Waals surface area contributed by atoms with E-state index < -0.39 is 0 Å². The van der Waals surface area contributed by atoms with Crippen molar-refractivity contribution in [3.05, 3.63) is 11.6 Å². The Hall–Kier alpha value is -0.440. The molecule has 0 saturated carbocycles. The second-order valence-corrected chi connectivity index (χ2v) is 1.29. The van der Waals surface area contributed by atoms with Crippen molar-refractivity contribution < 1.29 is 4.18 Å². The monoisotopic (exact) mass is 100.0 g/mol. The van der Waals surface area contributed by atoms with Crippen LogP contribution >= 0.6 is 12.0 Å². The van der Waals surface area contributed by atoms with E-state index >= 15 is 0 Å².